The minimum absolute atomic E-state index is 0.267. The standard InChI is InChI=1S/C17H29N5O3S/c1-5-6-15-21-16-14(11-13(4)20-17(16)18)22(15)8-10-25-9-7-19-26(23,24)12(2)3/h11-12,19H,5-10H2,1-4H3,(H2,18,20). The number of imidazole rings is 1. The topological polar surface area (TPSA) is 112 Å². The predicted molar refractivity (Wildman–Crippen MR) is 104 cm³/mol. The van der Waals surface area contributed by atoms with Gasteiger partial charge in [0.1, 0.15) is 11.3 Å². The number of nitrogen functional groups attached to an aromatic ring is 1. The summed E-state index contributed by atoms with van der Waals surface area (Å²) >= 11 is 0. The van der Waals surface area contributed by atoms with Crippen molar-refractivity contribution in [3.8, 4) is 0 Å². The van der Waals surface area contributed by atoms with Crippen molar-refractivity contribution < 1.29 is 13.2 Å². The number of hydrogen-bond donors (Lipinski definition) is 2. The largest absolute Gasteiger partial charge is 0.382 e. The van der Waals surface area contributed by atoms with Gasteiger partial charge >= 0.3 is 0 Å². The first-order valence-corrected chi connectivity index (χ1v) is 10.5. The fourth-order valence-corrected chi connectivity index (χ4v) is 3.37. The van der Waals surface area contributed by atoms with Crippen LogP contribution in [0.3, 0.4) is 0 Å². The minimum atomic E-state index is -3.25. The molecule has 0 unspecified atom stereocenters. The molecule has 0 aliphatic rings. The fraction of sp³-hybridized carbons (Fsp3) is 0.647. The Labute approximate surface area is 155 Å². The van der Waals surface area contributed by atoms with E-state index in [1.54, 1.807) is 13.8 Å². The second-order valence-electron chi connectivity index (χ2n) is 6.55. The monoisotopic (exact) mass is 383 g/mol. The first-order chi connectivity index (χ1) is 12.3. The maximum absolute atomic E-state index is 11.7. The number of hydrogen-bond acceptors (Lipinski definition) is 6. The molecule has 146 valence electrons. The van der Waals surface area contributed by atoms with E-state index in [0.717, 1.165) is 35.4 Å². The Morgan fingerprint density at radius 1 is 1.31 bits per heavy atom. The van der Waals surface area contributed by atoms with Crippen molar-refractivity contribution >= 4 is 26.9 Å². The van der Waals surface area contributed by atoms with Gasteiger partial charge in [-0.05, 0) is 33.3 Å². The lowest BCUT2D eigenvalue weighted by atomic mass is 10.3. The van der Waals surface area contributed by atoms with Gasteiger partial charge in [-0.3, -0.25) is 0 Å². The Balaban J connectivity index is 1.98. The van der Waals surface area contributed by atoms with Crippen molar-refractivity contribution in [2.45, 2.75) is 52.3 Å². The van der Waals surface area contributed by atoms with Crippen molar-refractivity contribution in [1.29, 1.82) is 0 Å². The summed E-state index contributed by atoms with van der Waals surface area (Å²) < 4.78 is 33.6. The number of pyridine rings is 1. The van der Waals surface area contributed by atoms with Crippen molar-refractivity contribution in [2.75, 3.05) is 25.5 Å². The highest BCUT2D eigenvalue weighted by Crippen LogP contribution is 2.22. The summed E-state index contributed by atoms with van der Waals surface area (Å²) in [7, 11) is -3.25. The summed E-state index contributed by atoms with van der Waals surface area (Å²) in [6.45, 7) is 8.99. The molecule has 26 heavy (non-hydrogen) atoms. The van der Waals surface area contributed by atoms with Crippen LogP contribution in [0.5, 0.6) is 0 Å². The molecule has 0 spiro atoms. The maximum Gasteiger partial charge on any atom is 0.214 e. The van der Waals surface area contributed by atoms with Gasteiger partial charge in [0.15, 0.2) is 5.82 Å². The van der Waals surface area contributed by atoms with Crippen LogP contribution in [-0.4, -0.2) is 48.0 Å². The van der Waals surface area contributed by atoms with E-state index in [9.17, 15) is 8.42 Å². The highest BCUT2D eigenvalue weighted by Gasteiger charge is 2.15. The highest BCUT2D eigenvalue weighted by atomic mass is 32.2. The molecule has 2 heterocycles. The molecule has 0 fully saturated rings. The maximum atomic E-state index is 11.7. The predicted octanol–water partition coefficient (Wildman–Crippen LogP) is 1.62. The Morgan fingerprint density at radius 3 is 2.69 bits per heavy atom. The van der Waals surface area contributed by atoms with Crippen LogP contribution in [0.1, 0.15) is 38.7 Å². The number of nitrogens with zero attached hydrogens (tertiary/aromatic N) is 3. The fourth-order valence-electron chi connectivity index (χ4n) is 2.67. The van der Waals surface area contributed by atoms with Crippen LogP contribution in [0, 0.1) is 6.92 Å². The summed E-state index contributed by atoms with van der Waals surface area (Å²) in [6.07, 6.45) is 1.83. The molecular weight excluding hydrogens is 354 g/mol. The highest BCUT2D eigenvalue weighted by molar-refractivity contribution is 7.90. The molecule has 0 aromatic carbocycles. The average molecular weight is 384 g/mol. The van der Waals surface area contributed by atoms with E-state index in [1.807, 2.05) is 13.0 Å². The summed E-state index contributed by atoms with van der Waals surface area (Å²) in [5, 5.41) is -0.446. The van der Waals surface area contributed by atoms with Gasteiger partial charge in [-0.1, -0.05) is 6.92 Å². The van der Waals surface area contributed by atoms with E-state index < -0.39 is 15.3 Å². The molecule has 0 bridgehead atoms. The van der Waals surface area contributed by atoms with Gasteiger partial charge in [-0.25, -0.2) is 23.1 Å². The summed E-state index contributed by atoms with van der Waals surface area (Å²) in [4.78, 5) is 8.92. The van der Waals surface area contributed by atoms with Crippen LogP contribution in [0.25, 0.3) is 11.0 Å². The molecule has 0 atom stereocenters. The van der Waals surface area contributed by atoms with Crippen LogP contribution >= 0.6 is 0 Å². The Kier molecular flexibility index (Phi) is 6.96. The smallest absolute Gasteiger partial charge is 0.214 e. The van der Waals surface area contributed by atoms with E-state index in [1.165, 1.54) is 0 Å². The second-order valence-corrected chi connectivity index (χ2v) is 8.87. The van der Waals surface area contributed by atoms with E-state index in [4.69, 9.17) is 10.5 Å². The number of aromatic nitrogens is 3. The van der Waals surface area contributed by atoms with Gasteiger partial charge in [0.05, 0.1) is 24.0 Å². The zero-order valence-electron chi connectivity index (χ0n) is 15.9. The molecule has 0 aliphatic carbocycles. The zero-order valence-corrected chi connectivity index (χ0v) is 16.8. The van der Waals surface area contributed by atoms with E-state index >= 15 is 0 Å². The lowest BCUT2D eigenvalue weighted by molar-refractivity contribution is 0.131. The van der Waals surface area contributed by atoms with E-state index in [2.05, 4.69) is 26.2 Å². The number of ether oxygens (including phenoxy) is 1. The number of rotatable bonds is 10. The van der Waals surface area contributed by atoms with Gasteiger partial charge in [-0.2, -0.15) is 0 Å². The van der Waals surface area contributed by atoms with Gasteiger partial charge in [-0.15, -0.1) is 0 Å². The zero-order chi connectivity index (χ0) is 19.3. The molecule has 0 saturated carbocycles. The van der Waals surface area contributed by atoms with Crippen molar-refractivity contribution in [2.24, 2.45) is 0 Å². The molecule has 0 amide bonds. The van der Waals surface area contributed by atoms with Crippen LogP contribution < -0.4 is 10.5 Å². The van der Waals surface area contributed by atoms with Gasteiger partial charge in [0.25, 0.3) is 0 Å². The molecule has 0 radical (unpaired) electrons. The minimum Gasteiger partial charge on any atom is -0.382 e. The van der Waals surface area contributed by atoms with Gasteiger partial charge < -0.3 is 15.0 Å². The summed E-state index contributed by atoms with van der Waals surface area (Å²) in [5.41, 5.74) is 8.55. The first-order valence-electron chi connectivity index (χ1n) is 8.94. The second kappa shape index (κ2) is 8.79. The van der Waals surface area contributed by atoms with Crippen LogP contribution in [0.4, 0.5) is 5.82 Å². The number of aryl methyl sites for hydroxylation is 2. The van der Waals surface area contributed by atoms with Gasteiger partial charge in [0.2, 0.25) is 10.0 Å². The lowest BCUT2D eigenvalue weighted by Gasteiger charge is -2.11. The van der Waals surface area contributed by atoms with Crippen LogP contribution in [0.2, 0.25) is 0 Å². The Hall–Kier alpha value is -1.71. The molecule has 2 aromatic heterocycles. The van der Waals surface area contributed by atoms with E-state index in [0.29, 0.717) is 25.6 Å². The third-order valence-corrected chi connectivity index (χ3v) is 5.92. The molecule has 9 heteroatoms. The number of anilines is 1. The molecular formula is C17H29N5O3S. The van der Waals surface area contributed by atoms with Crippen molar-refractivity contribution in [1.82, 2.24) is 19.3 Å². The molecule has 8 nitrogen and oxygen atoms in total. The molecule has 2 aromatic rings. The average Bonchev–Trinajstić information content (AvgIpc) is 2.89. The van der Waals surface area contributed by atoms with Crippen LogP contribution in [0.15, 0.2) is 6.07 Å². The summed E-state index contributed by atoms with van der Waals surface area (Å²) in [5.74, 6) is 1.41. The van der Waals surface area contributed by atoms with Crippen LogP contribution in [-0.2, 0) is 27.7 Å². The molecule has 0 saturated heterocycles. The molecule has 3 N–H and O–H groups in total. The van der Waals surface area contributed by atoms with Gasteiger partial charge in [0, 0.05) is 25.2 Å². The molecule has 0 aliphatic heterocycles. The van der Waals surface area contributed by atoms with Crippen molar-refractivity contribution in [3.63, 3.8) is 0 Å². The summed E-state index contributed by atoms with van der Waals surface area (Å²) in [6, 6.07) is 1.98. The SMILES string of the molecule is CCCc1nc2c(N)nc(C)cc2n1CCOCCNS(=O)(=O)C(C)C. The number of sulfonamides is 1. The van der Waals surface area contributed by atoms with E-state index in [-0.39, 0.29) is 6.54 Å². The third-order valence-electron chi connectivity index (χ3n) is 4.07. The first kappa shape index (κ1) is 20.6. The lowest BCUT2D eigenvalue weighted by Crippen LogP contribution is -2.33. The normalized spacial score (nSPS) is 12.3. The quantitative estimate of drug-likeness (QED) is 0.603. The van der Waals surface area contributed by atoms with Crippen molar-refractivity contribution in [3.05, 3.63) is 17.6 Å². The molecule has 2 rings (SSSR count). The number of fused-ring (bicyclic) bond motifs is 1. The number of nitrogens with one attached hydrogen (secondary N) is 1. The number of nitrogens with two attached hydrogens (primary N) is 1. The Bertz CT molecular complexity index is 846. The third kappa shape index (κ3) is 4.93. The Morgan fingerprint density at radius 2 is 2.04 bits per heavy atom.